The van der Waals surface area contributed by atoms with Gasteiger partial charge in [-0.25, -0.2) is 0 Å². The van der Waals surface area contributed by atoms with Crippen LogP contribution in [0.2, 0.25) is 0 Å². The number of thiophene rings is 1. The van der Waals surface area contributed by atoms with Crippen LogP contribution in [0.25, 0.3) is 0 Å². The molecule has 0 saturated carbocycles. The summed E-state index contributed by atoms with van der Waals surface area (Å²) < 4.78 is 0. The van der Waals surface area contributed by atoms with Crippen LogP contribution in [0.1, 0.15) is 32.3 Å². The maximum absolute atomic E-state index is 10.5. The molecule has 1 N–H and O–H groups in total. The highest BCUT2D eigenvalue weighted by Crippen LogP contribution is 2.28. The van der Waals surface area contributed by atoms with Crippen LogP contribution in [0.4, 0.5) is 0 Å². The van der Waals surface area contributed by atoms with E-state index in [1.54, 1.807) is 11.3 Å². The third-order valence-corrected chi connectivity index (χ3v) is 4.48. The predicted octanol–water partition coefficient (Wildman–Crippen LogP) is 2.77. The average Bonchev–Trinajstić information content (AvgIpc) is 2.72. The van der Waals surface area contributed by atoms with Crippen molar-refractivity contribution in [3.8, 4) is 0 Å². The summed E-state index contributed by atoms with van der Waals surface area (Å²) in [4.78, 5) is 2.17. The van der Waals surface area contributed by atoms with Crippen molar-refractivity contribution < 1.29 is 5.11 Å². The predicted molar refractivity (Wildman–Crippen MR) is 71.0 cm³/mol. The lowest BCUT2D eigenvalue weighted by Gasteiger charge is -2.42. The highest BCUT2D eigenvalue weighted by atomic mass is 32.1. The molecule has 0 aliphatic heterocycles. The normalized spacial score (nSPS) is 14.4. The maximum Gasteiger partial charge on any atom is 0.0763 e. The van der Waals surface area contributed by atoms with Gasteiger partial charge in [-0.3, -0.25) is 0 Å². The molecule has 0 saturated heterocycles. The minimum atomic E-state index is -0.299. The molecule has 1 aromatic heterocycles. The van der Waals surface area contributed by atoms with E-state index in [9.17, 15) is 5.11 Å². The summed E-state index contributed by atoms with van der Waals surface area (Å²) in [6, 6.07) is 2.10. The van der Waals surface area contributed by atoms with Crippen molar-refractivity contribution in [2.45, 2.75) is 44.8 Å². The SMILES string of the molecule is CCC(CC)(C(O)Cc1ccsc1)N(C)C. The van der Waals surface area contributed by atoms with Gasteiger partial charge in [-0.05, 0) is 49.3 Å². The number of hydrogen-bond donors (Lipinski definition) is 1. The number of aliphatic hydroxyl groups excluding tert-OH is 1. The van der Waals surface area contributed by atoms with Gasteiger partial charge in [-0.2, -0.15) is 11.3 Å². The third-order valence-electron chi connectivity index (χ3n) is 3.74. The molecule has 1 unspecified atom stereocenters. The van der Waals surface area contributed by atoms with Gasteiger partial charge in [0.1, 0.15) is 0 Å². The average molecular weight is 241 g/mol. The van der Waals surface area contributed by atoms with Gasteiger partial charge in [-0.15, -0.1) is 0 Å². The topological polar surface area (TPSA) is 23.5 Å². The third kappa shape index (κ3) is 2.65. The van der Waals surface area contributed by atoms with E-state index in [0.29, 0.717) is 0 Å². The number of rotatable bonds is 6. The van der Waals surface area contributed by atoms with Gasteiger partial charge < -0.3 is 10.0 Å². The second kappa shape index (κ2) is 5.80. The molecule has 0 aliphatic carbocycles. The first-order valence-corrected chi connectivity index (χ1v) is 6.87. The van der Waals surface area contributed by atoms with Gasteiger partial charge >= 0.3 is 0 Å². The number of nitrogens with zero attached hydrogens (tertiary/aromatic N) is 1. The molecule has 2 nitrogen and oxygen atoms in total. The molecular weight excluding hydrogens is 218 g/mol. The minimum Gasteiger partial charge on any atom is -0.391 e. The lowest BCUT2D eigenvalue weighted by atomic mass is 9.82. The van der Waals surface area contributed by atoms with Crippen molar-refractivity contribution in [1.29, 1.82) is 0 Å². The second-order valence-electron chi connectivity index (χ2n) is 4.56. The van der Waals surface area contributed by atoms with Gasteiger partial charge in [0.15, 0.2) is 0 Å². The van der Waals surface area contributed by atoms with E-state index in [1.807, 2.05) is 0 Å². The Hall–Kier alpha value is -0.380. The van der Waals surface area contributed by atoms with Crippen molar-refractivity contribution in [3.63, 3.8) is 0 Å². The molecular formula is C13H23NOS. The first-order valence-electron chi connectivity index (χ1n) is 5.93. The molecule has 0 amide bonds. The van der Waals surface area contributed by atoms with Gasteiger partial charge in [0.2, 0.25) is 0 Å². The summed E-state index contributed by atoms with van der Waals surface area (Å²) in [5.74, 6) is 0. The van der Waals surface area contributed by atoms with E-state index >= 15 is 0 Å². The Morgan fingerprint density at radius 3 is 2.38 bits per heavy atom. The summed E-state index contributed by atoms with van der Waals surface area (Å²) in [5.41, 5.74) is 1.15. The summed E-state index contributed by atoms with van der Waals surface area (Å²) in [5, 5.41) is 14.7. The van der Waals surface area contributed by atoms with Crippen molar-refractivity contribution in [3.05, 3.63) is 22.4 Å². The molecule has 0 radical (unpaired) electrons. The Bertz CT molecular complexity index is 291. The summed E-state index contributed by atoms with van der Waals surface area (Å²) in [6.45, 7) is 4.31. The first-order chi connectivity index (χ1) is 7.56. The zero-order valence-corrected chi connectivity index (χ0v) is 11.5. The molecule has 0 aliphatic rings. The van der Waals surface area contributed by atoms with Crippen molar-refractivity contribution in [2.75, 3.05) is 14.1 Å². The first kappa shape index (κ1) is 13.7. The van der Waals surface area contributed by atoms with E-state index in [1.165, 1.54) is 5.56 Å². The van der Waals surface area contributed by atoms with Crippen molar-refractivity contribution >= 4 is 11.3 Å². The standard InChI is InChI=1S/C13H23NOS/c1-5-13(6-2,14(3)4)12(15)9-11-7-8-16-10-11/h7-8,10,12,15H,5-6,9H2,1-4H3. The van der Waals surface area contributed by atoms with Crippen LogP contribution in [0.3, 0.4) is 0 Å². The lowest BCUT2D eigenvalue weighted by molar-refractivity contribution is -0.0125. The van der Waals surface area contributed by atoms with Gasteiger partial charge in [0.05, 0.1) is 6.10 Å². The highest BCUT2D eigenvalue weighted by molar-refractivity contribution is 7.07. The van der Waals surface area contributed by atoms with Crippen molar-refractivity contribution in [1.82, 2.24) is 4.90 Å². The molecule has 1 heterocycles. The number of hydrogen-bond acceptors (Lipinski definition) is 3. The zero-order chi connectivity index (χ0) is 12.2. The Kier molecular flexibility index (Phi) is 4.96. The van der Waals surface area contributed by atoms with E-state index in [0.717, 1.165) is 19.3 Å². The minimum absolute atomic E-state index is 0.0953. The van der Waals surface area contributed by atoms with Crippen LogP contribution in [-0.4, -0.2) is 35.7 Å². The molecule has 3 heteroatoms. The van der Waals surface area contributed by atoms with Crippen LogP contribution in [-0.2, 0) is 6.42 Å². The van der Waals surface area contributed by atoms with Gasteiger partial charge in [0.25, 0.3) is 0 Å². The summed E-state index contributed by atoms with van der Waals surface area (Å²) in [7, 11) is 4.12. The number of likely N-dealkylation sites (N-methyl/N-ethyl adjacent to an activating group) is 1. The number of aliphatic hydroxyl groups is 1. The molecule has 0 fully saturated rings. The summed E-state index contributed by atoms with van der Waals surface area (Å²) >= 11 is 1.69. The van der Waals surface area contributed by atoms with E-state index in [2.05, 4.69) is 49.7 Å². The second-order valence-corrected chi connectivity index (χ2v) is 5.34. The molecule has 16 heavy (non-hydrogen) atoms. The van der Waals surface area contributed by atoms with Crippen LogP contribution >= 0.6 is 11.3 Å². The quantitative estimate of drug-likeness (QED) is 0.828. The largest absolute Gasteiger partial charge is 0.391 e. The highest BCUT2D eigenvalue weighted by Gasteiger charge is 2.36. The van der Waals surface area contributed by atoms with Crippen molar-refractivity contribution in [2.24, 2.45) is 0 Å². The Morgan fingerprint density at radius 2 is 2.00 bits per heavy atom. The molecule has 92 valence electrons. The smallest absolute Gasteiger partial charge is 0.0763 e. The van der Waals surface area contributed by atoms with Crippen LogP contribution in [0.15, 0.2) is 16.8 Å². The van der Waals surface area contributed by atoms with Gasteiger partial charge in [0, 0.05) is 12.0 Å². The molecule has 0 aromatic carbocycles. The zero-order valence-electron chi connectivity index (χ0n) is 10.7. The Morgan fingerprint density at radius 1 is 1.38 bits per heavy atom. The molecule has 0 spiro atoms. The Labute approximate surface area is 103 Å². The van der Waals surface area contributed by atoms with Gasteiger partial charge in [-0.1, -0.05) is 13.8 Å². The summed E-state index contributed by atoms with van der Waals surface area (Å²) in [6.07, 6.45) is 2.40. The molecule has 1 rings (SSSR count). The van der Waals surface area contributed by atoms with Crippen LogP contribution in [0, 0.1) is 0 Å². The van der Waals surface area contributed by atoms with E-state index < -0.39 is 0 Å². The Balaban J connectivity index is 2.78. The molecule has 1 atom stereocenters. The maximum atomic E-state index is 10.5. The fraction of sp³-hybridized carbons (Fsp3) is 0.692. The van der Waals surface area contributed by atoms with E-state index in [4.69, 9.17) is 0 Å². The lowest BCUT2D eigenvalue weighted by Crippen LogP contribution is -2.53. The fourth-order valence-corrected chi connectivity index (χ4v) is 3.16. The van der Waals surface area contributed by atoms with E-state index in [-0.39, 0.29) is 11.6 Å². The molecule has 1 aromatic rings. The fourth-order valence-electron chi connectivity index (χ4n) is 2.47. The molecule has 0 bridgehead atoms. The monoisotopic (exact) mass is 241 g/mol. The van der Waals surface area contributed by atoms with Crippen LogP contribution < -0.4 is 0 Å². The van der Waals surface area contributed by atoms with Crippen LogP contribution in [0.5, 0.6) is 0 Å².